The third kappa shape index (κ3) is 1.63. The summed E-state index contributed by atoms with van der Waals surface area (Å²) in [4.78, 5) is 23.9. The first kappa shape index (κ1) is 8.32. The fraction of sp³-hybridized carbons (Fsp3) is 0.143. The Hall–Kier alpha value is -1.78. The molecule has 1 heterocycles. The molecule has 0 atom stereocenters. The number of anilines is 1. The molecule has 1 aromatic heterocycles. The minimum Gasteiger partial charge on any atom is -0.464 e. The Morgan fingerprint density at radius 3 is 2.75 bits per heavy atom. The highest BCUT2D eigenvalue weighted by Crippen LogP contribution is 2.00. The molecule has 1 aromatic rings. The van der Waals surface area contributed by atoms with Crippen LogP contribution in [0.2, 0.25) is 0 Å². The number of aromatic amines is 1. The lowest BCUT2D eigenvalue weighted by Crippen LogP contribution is -2.14. The van der Waals surface area contributed by atoms with E-state index in [0.29, 0.717) is 0 Å². The lowest BCUT2D eigenvalue weighted by atomic mass is 10.3. The van der Waals surface area contributed by atoms with Gasteiger partial charge in [-0.05, 0) is 6.07 Å². The van der Waals surface area contributed by atoms with Crippen molar-refractivity contribution in [2.75, 3.05) is 12.8 Å². The van der Waals surface area contributed by atoms with Gasteiger partial charge >= 0.3 is 5.97 Å². The maximum atomic E-state index is 10.9. The van der Waals surface area contributed by atoms with E-state index in [4.69, 9.17) is 5.73 Å². The van der Waals surface area contributed by atoms with Gasteiger partial charge in [-0.15, -0.1) is 0 Å². The zero-order chi connectivity index (χ0) is 9.14. The largest absolute Gasteiger partial charge is 0.464 e. The summed E-state index contributed by atoms with van der Waals surface area (Å²) in [6.45, 7) is 0. The monoisotopic (exact) mass is 168 g/mol. The number of methoxy groups -OCH3 is 1. The number of hydrogen-bond acceptors (Lipinski definition) is 4. The van der Waals surface area contributed by atoms with Gasteiger partial charge in [-0.25, -0.2) is 4.79 Å². The molecule has 0 amide bonds. The number of hydrogen-bond donors (Lipinski definition) is 2. The number of ether oxygens (including phenoxy) is 1. The van der Waals surface area contributed by atoms with Gasteiger partial charge in [-0.3, -0.25) is 4.79 Å². The second kappa shape index (κ2) is 3.08. The Morgan fingerprint density at radius 2 is 2.25 bits per heavy atom. The SMILES string of the molecule is COC(=O)c1cc(N)cc(=O)[nH]1. The number of carbonyl (C=O) groups excluding carboxylic acids is 1. The van der Waals surface area contributed by atoms with Crippen LogP contribution < -0.4 is 11.3 Å². The maximum Gasteiger partial charge on any atom is 0.354 e. The number of H-pyrrole nitrogens is 1. The zero-order valence-corrected chi connectivity index (χ0v) is 6.46. The van der Waals surface area contributed by atoms with Crippen LogP contribution in [0.15, 0.2) is 16.9 Å². The van der Waals surface area contributed by atoms with E-state index >= 15 is 0 Å². The van der Waals surface area contributed by atoms with E-state index in [0.717, 1.165) is 0 Å². The Morgan fingerprint density at radius 1 is 1.58 bits per heavy atom. The maximum absolute atomic E-state index is 10.9. The number of aromatic nitrogens is 1. The van der Waals surface area contributed by atoms with E-state index in [-0.39, 0.29) is 11.4 Å². The molecule has 0 aromatic carbocycles. The van der Waals surface area contributed by atoms with Crippen LogP contribution in [0.25, 0.3) is 0 Å². The molecule has 1 rings (SSSR count). The molecule has 5 nitrogen and oxygen atoms in total. The van der Waals surface area contributed by atoms with Crippen LogP contribution in [0.4, 0.5) is 5.69 Å². The van der Waals surface area contributed by atoms with E-state index in [1.165, 1.54) is 19.2 Å². The molecule has 5 heteroatoms. The molecule has 12 heavy (non-hydrogen) atoms. The van der Waals surface area contributed by atoms with Crippen LogP contribution in [0.1, 0.15) is 10.5 Å². The van der Waals surface area contributed by atoms with Gasteiger partial charge in [0.1, 0.15) is 5.69 Å². The fourth-order valence-corrected chi connectivity index (χ4v) is 0.785. The van der Waals surface area contributed by atoms with Crippen LogP contribution in [0.3, 0.4) is 0 Å². The molecular formula is C7H8N2O3. The highest BCUT2D eigenvalue weighted by Gasteiger charge is 2.06. The van der Waals surface area contributed by atoms with Gasteiger partial charge in [-0.1, -0.05) is 0 Å². The van der Waals surface area contributed by atoms with Crippen molar-refractivity contribution in [3.8, 4) is 0 Å². The molecule has 0 saturated carbocycles. The summed E-state index contributed by atoms with van der Waals surface area (Å²) in [6, 6.07) is 2.53. The number of nitrogens with two attached hydrogens (primary N) is 1. The molecule has 0 saturated heterocycles. The first-order valence-electron chi connectivity index (χ1n) is 3.21. The predicted molar refractivity (Wildman–Crippen MR) is 42.8 cm³/mol. The Balaban J connectivity index is 3.17. The van der Waals surface area contributed by atoms with Crippen molar-refractivity contribution >= 4 is 11.7 Å². The van der Waals surface area contributed by atoms with E-state index in [2.05, 4.69) is 9.72 Å². The second-order valence-corrected chi connectivity index (χ2v) is 2.18. The van der Waals surface area contributed by atoms with Gasteiger partial charge in [0.2, 0.25) is 0 Å². The van der Waals surface area contributed by atoms with Crippen molar-refractivity contribution < 1.29 is 9.53 Å². The van der Waals surface area contributed by atoms with E-state index < -0.39 is 11.5 Å². The first-order valence-corrected chi connectivity index (χ1v) is 3.21. The van der Waals surface area contributed by atoms with Crippen LogP contribution in [-0.2, 0) is 4.74 Å². The molecule has 0 radical (unpaired) electrons. The van der Waals surface area contributed by atoms with Crippen molar-refractivity contribution in [2.45, 2.75) is 0 Å². The summed E-state index contributed by atoms with van der Waals surface area (Å²) in [7, 11) is 1.23. The molecule has 0 fully saturated rings. The minimum absolute atomic E-state index is 0.0579. The standard InChI is InChI=1S/C7H8N2O3/c1-12-7(11)5-2-4(8)3-6(10)9-5/h2-3H,1H3,(H3,8,9,10). The molecule has 3 N–H and O–H groups in total. The minimum atomic E-state index is -0.612. The van der Waals surface area contributed by atoms with Gasteiger partial charge in [0.05, 0.1) is 7.11 Å². The van der Waals surface area contributed by atoms with Crippen molar-refractivity contribution in [2.24, 2.45) is 0 Å². The van der Waals surface area contributed by atoms with Crippen LogP contribution in [-0.4, -0.2) is 18.1 Å². The lowest BCUT2D eigenvalue weighted by Gasteiger charge is -1.98. The molecule has 0 unspecified atom stereocenters. The van der Waals surface area contributed by atoms with Crippen LogP contribution in [0, 0.1) is 0 Å². The van der Waals surface area contributed by atoms with Crippen molar-refractivity contribution in [3.05, 3.63) is 28.2 Å². The van der Waals surface area contributed by atoms with Crippen LogP contribution >= 0.6 is 0 Å². The number of carbonyl (C=O) groups is 1. The van der Waals surface area contributed by atoms with Crippen LogP contribution in [0.5, 0.6) is 0 Å². The topological polar surface area (TPSA) is 85.2 Å². The van der Waals surface area contributed by atoms with Gasteiger partial charge in [0, 0.05) is 11.8 Å². The lowest BCUT2D eigenvalue weighted by molar-refractivity contribution is 0.0594. The van der Waals surface area contributed by atoms with E-state index in [1.807, 2.05) is 0 Å². The number of nitrogen functional groups attached to an aromatic ring is 1. The summed E-state index contributed by atoms with van der Waals surface area (Å²) in [5, 5.41) is 0. The fourth-order valence-electron chi connectivity index (χ4n) is 0.785. The summed E-state index contributed by atoms with van der Waals surface area (Å²) >= 11 is 0. The third-order valence-corrected chi connectivity index (χ3v) is 1.27. The van der Waals surface area contributed by atoms with Gasteiger partial charge < -0.3 is 15.5 Å². The average Bonchev–Trinajstić information content (AvgIpc) is 2.01. The van der Waals surface area contributed by atoms with Gasteiger partial charge in [-0.2, -0.15) is 0 Å². The first-order chi connectivity index (χ1) is 5.63. The molecule has 0 aliphatic carbocycles. The molecular weight excluding hydrogens is 160 g/mol. The normalized spacial score (nSPS) is 9.42. The van der Waals surface area contributed by atoms with Gasteiger partial charge in [0.15, 0.2) is 0 Å². The molecule has 0 spiro atoms. The summed E-state index contributed by atoms with van der Waals surface area (Å²) < 4.78 is 4.38. The van der Waals surface area contributed by atoms with Crippen molar-refractivity contribution in [1.82, 2.24) is 4.98 Å². The number of rotatable bonds is 1. The van der Waals surface area contributed by atoms with E-state index in [9.17, 15) is 9.59 Å². The summed E-state index contributed by atoms with van der Waals surface area (Å²) in [6.07, 6.45) is 0. The quantitative estimate of drug-likeness (QED) is 0.566. The number of pyridine rings is 1. The van der Waals surface area contributed by atoms with Crippen molar-refractivity contribution in [1.29, 1.82) is 0 Å². The average molecular weight is 168 g/mol. The molecule has 0 aliphatic heterocycles. The summed E-state index contributed by atoms with van der Waals surface area (Å²) in [5.41, 5.74) is 5.20. The summed E-state index contributed by atoms with van der Waals surface area (Å²) in [5.74, 6) is -0.612. The Kier molecular flexibility index (Phi) is 2.14. The third-order valence-electron chi connectivity index (χ3n) is 1.27. The second-order valence-electron chi connectivity index (χ2n) is 2.18. The van der Waals surface area contributed by atoms with Gasteiger partial charge in [0.25, 0.3) is 5.56 Å². The Labute approximate surface area is 68.2 Å². The molecule has 0 bridgehead atoms. The number of nitrogens with one attached hydrogen (secondary N) is 1. The molecule has 64 valence electrons. The van der Waals surface area contributed by atoms with E-state index in [1.54, 1.807) is 0 Å². The number of esters is 1. The molecule has 0 aliphatic rings. The Bertz CT molecular complexity index is 356. The smallest absolute Gasteiger partial charge is 0.354 e. The highest BCUT2D eigenvalue weighted by atomic mass is 16.5. The van der Waals surface area contributed by atoms with Crippen molar-refractivity contribution in [3.63, 3.8) is 0 Å². The highest BCUT2D eigenvalue weighted by molar-refractivity contribution is 5.87. The zero-order valence-electron chi connectivity index (χ0n) is 6.46. The predicted octanol–water partition coefficient (Wildman–Crippen LogP) is -0.256.